The molecule has 0 nitrogen and oxygen atoms in total. The van der Waals surface area contributed by atoms with E-state index in [0.717, 1.165) is 0 Å². The fourth-order valence-corrected chi connectivity index (χ4v) is 1.87. The molecule has 0 bridgehead atoms. The van der Waals surface area contributed by atoms with Crippen LogP contribution in [0.2, 0.25) is 0 Å². The molecule has 1 unspecified atom stereocenters. The predicted molar refractivity (Wildman–Crippen MR) is 64.1 cm³/mol. The molecule has 0 aliphatic rings. The number of hydrogen-bond acceptors (Lipinski definition) is 0. The summed E-state index contributed by atoms with van der Waals surface area (Å²) in [6.07, 6.45) is 0. The van der Waals surface area contributed by atoms with Crippen LogP contribution in [0.4, 0.5) is 0 Å². The maximum absolute atomic E-state index is 6.37. The van der Waals surface area contributed by atoms with E-state index < -0.39 is 0 Å². The zero-order valence-electron chi connectivity index (χ0n) is 9.69. The lowest BCUT2D eigenvalue weighted by Crippen LogP contribution is -2.02. The van der Waals surface area contributed by atoms with Gasteiger partial charge in [-0.3, -0.25) is 0 Å². The summed E-state index contributed by atoms with van der Waals surface area (Å²) in [5, 5.41) is 0.134. The Labute approximate surface area is 92.3 Å². The molecule has 1 heteroatoms. The first-order chi connectivity index (χ1) is 6.43. The minimum absolute atomic E-state index is 0.134. The zero-order chi connectivity index (χ0) is 10.9. The third-order valence-electron chi connectivity index (χ3n) is 2.76. The standard InChI is InChI=1S/C13H19Cl/c1-8(2)13(14)12-7-10(4)9(3)6-11(12)5/h6-8,13H,1-5H3. The Bertz CT molecular complexity index is 326. The normalized spacial score (nSPS) is 13.4. The van der Waals surface area contributed by atoms with Crippen molar-refractivity contribution in [1.82, 2.24) is 0 Å². The van der Waals surface area contributed by atoms with Crippen molar-refractivity contribution in [2.45, 2.75) is 40.0 Å². The summed E-state index contributed by atoms with van der Waals surface area (Å²) in [6, 6.07) is 4.45. The van der Waals surface area contributed by atoms with Gasteiger partial charge in [0.25, 0.3) is 0 Å². The predicted octanol–water partition coefficient (Wildman–Crippen LogP) is 4.55. The van der Waals surface area contributed by atoms with Crippen LogP contribution in [-0.4, -0.2) is 0 Å². The molecule has 0 aliphatic heterocycles. The highest BCUT2D eigenvalue weighted by Gasteiger charge is 2.15. The van der Waals surface area contributed by atoms with Gasteiger partial charge in [-0.1, -0.05) is 26.0 Å². The number of aryl methyl sites for hydroxylation is 3. The average Bonchev–Trinajstić information content (AvgIpc) is 2.10. The third-order valence-corrected chi connectivity index (χ3v) is 3.50. The van der Waals surface area contributed by atoms with Gasteiger partial charge >= 0.3 is 0 Å². The van der Waals surface area contributed by atoms with Crippen molar-refractivity contribution < 1.29 is 0 Å². The van der Waals surface area contributed by atoms with Crippen molar-refractivity contribution in [1.29, 1.82) is 0 Å². The summed E-state index contributed by atoms with van der Waals surface area (Å²) in [7, 11) is 0. The molecule has 0 saturated carbocycles. The van der Waals surface area contributed by atoms with Crippen molar-refractivity contribution in [3.63, 3.8) is 0 Å². The summed E-state index contributed by atoms with van der Waals surface area (Å²) >= 11 is 6.37. The largest absolute Gasteiger partial charge is 0.118 e. The Kier molecular flexibility index (Phi) is 3.60. The number of rotatable bonds is 2. The van der Waals surface area contributed by atoms with Gasteiger partial charge in [0.05, 0.1) is 5.38 Å². The summed E-state index contributed by atoms with van der Waals surface area (Å²) in [6.45, 7) is 10.7. The fraction of sp³-hybridized carbons (Fsp3) is 0.538. The maximum Gasteiger partial charge on any atom is 0.0610 e. The molecule has 1 rings (SSSR count). The van der Waals surface area contributed by atoms with Gasteiger partial charge < -0.3 is 0 Å². The van der Waals surface area contributed by atoms with Gasteiger partial charge in [0.15, 0.2) is 0 Å². The summed E-state index contributed by atoms with van der Waals surface area (Å²) < 4.78 is 0. The minimum Gasteiger partial charge on any atom is -0.118 e. The maximum atomic E-state index is 6.37. The molecule has 0 aliphatic carbocycles. The Hall–Kier alpha value is -0.490. The van der Waals surface area contributed by atoms with Crippen LogP contribution in [0.3, 0.4) is 0 Å². The van der Waals surface area contributed by atoms with E-state index in [4.69, 9.17) is 11.6 Å². The van der Waals surface area contributed by atoms with Gasteiger partial charge in [0, 0.05) is 0 Å². The number of benzene rings is 1. The molecule has 0 saturated heterocycles. The molecule has 0 N–H and O–H groups in total. The molecule has 0 aromatic heterocycles. The molecule has 14 heavy (non-hydrogen) atoms. The first-order valence-corrected chi connectivity index (χ1v) is 5.59. The molecule has 1 aromatic rings. The van der Waals surface area contributed by atoms with Gasteiger partial charge in [-0.15, -0.1) is 11.6 Å². The average molecular weight is 211 g/mol. The van der Waals surface area contributed by atoms with Crippen LogP contribution >= 0.6 is 11.6 Å². The van der Waals surface area contributed by atoms with Gasteiger partial charge in [-0.25, -0.2) is 0 Å². The van der Waals surface area contributed by atoms with E-state index in [1.807, 2.05) is 0 Å². The van der Waals surface area contributed by atoms with Crippen LogP contribution < -0.4 is 0 Å². The second kappa shape index (κ2) is 4.35. The topological polar surface area (TPSA) is 0 Å². The van der Waals surface area contributed by atoms with E-state index >= 15 is 0 Å². The van der Waals surface area contributed by atoms with E-state index in [-0.39, 0.29) is 5.38 Å². The summed E-state index contributed by atoms with van der Waals surface area (Å²) in [5.74, 6) is 0.484. The molecule has 1 atom stereocenters. The van der Waals surface area contributed by atoms with E-state index in [1.165, 1.54) is 22.3 Å². The molecule has 0 heterocycles. The summed E-state index contributed by atoms with van der Waals surface area (Å²) in [4.78, 5) is 0. The monoisotopic (exact) mass is 210 g/mol. The van der Waals surface area contributed by atoms with Crippen LogP contribution in [-0.2, 0) is 0 Å². The van der Waals surface area contributed by atoms with Crippen molar-refractivity contribution in [2.24, 2.45) is 5.92 Å². The van der Waals surface area contributed by atoms with E-state index in [2.05, 4.69) is 46.8 Å². The van der Waals surface area contributed by atoms with E-state index in [0.29, 0.717) is 5.92 Å². The minimum atomic E-state index is 0.134. The van der Waals surface area contributed by atoms with Crippen LogP contribution in [0.15, 0.2) is 12.1 Å². The first-order valence-electron chi connectivity index (χ1n) is 5.15. The molecule has 0 spiro atoms. The second-order valence-corrected chi connectivity index (χ2v) is 4.91. The first kappa shape index (κ1) is 11.6. The van der Waals surface area contributed by atoms with Crippen molar-refractivity contribution in [3.8, 4) is 0 Å². The van der Waals surface area contributed by atoms with Gasteiger partial charge in [0.2, 0.25) is 0 Å². The Morgan fingerprint density at radius 2 is 1.43 bits per heavy atom. The quantitative estimate of drug-likeness (QED) is 0.629. The lowest BCUT2D eigenvalue weighted by atomic mass is 9.94. The summed E-state index contributed by atoms with van der Waals surface area (Å²) in [5.41, 5.74) is 5.27. The van der Waals surface area contributed by atoms with Crippen LogP contribution in [0.5, 0.6) is 0 Å². The lowest BCUT2D eigenvalue weighted by molar-refractivity contribution is 0.621. The van der Waals surface area contributed by atoms with Crippen molar-refractivity contribution in [3.05, 3.63) is 34.4 Å². The molecular formula is C13H19Cl. The molecule has 0 radical (unpaired) electrons. The zero-order valence-corrected chi connectivity index (χ0v) is 10.4. The smallest absolute Gasteiger partial charge is 0.0610 e. The fourth-order valence-electron chi connectivity index (χ4n) is 1.64. The lowest BCUT2D eigenvalue weighted by Gasteiger charge is -2.18. The Morgan fingerprint density at radius 1 is 0.929 bits per heavy atom. The van der Waals surface area contributed by atoms with Crippen LogP contribution in [0.1, 0.15) is 41.5 Å². The van der Waals surface area contributed by atoms with Gasteiger partial charge in [-0.05, 0) is 48.9 Å². The van der Waals surface area contributed by atoms with Crippen molar-refractivity contribution in [2.75, 3.05) is 0 Å². The van der Waals surface area contributed by atoms with E-state index in [1.54, 1.807) is 0 Å². The van der Waals surface area contributed by atoms with Gasteiger partial charge in [0.1, 0.15) is 0 Å². The highest BCUT2D eigenvalue weighted by atomic mass is 35.5. The molecular weight excluding hydrogens is 192 g/mol. The highest BCUT2D eigenvalue weighted by Crippen LogP contribution is 2.32. The number of hydrogen-bond donors (Lipinski definition) is 0. The van der Waals surface area contributed by atoms with Crippen LogP contribution in [0, 0.1) is 26.7 Å². The Balaban J connectivity index is 3.15. The molecule has 0 amide bonds. The number of alkyl halides is 1. The third kappa shape index (κ3) is 2.30. The second-order valence-electron chi connectivity index (χ2n) is 4.44. The SMILES string of the molecule is Cc1cc(C)c(C(Cl)C(C)C)cc1C. The molecule has 0 fully saturated rings. The number of halogens is 1. The van der Waals surface area contributed by atoms with Crippen LogP contribution in [0.25, 0.3) is 0 Å². The van der Waals surface area contributed by atoms with Crippen molar-refractivity contribution >= 4 is 11.6 Å². The van der Waals surface area contributed by atoms with Gasteiger partial charge in [-0.2, -0.15) is 0 Å². The highest BCUT2D eigenvalue weighted by molar-refractivity contribution is 6.21. The molecule has 78 valence electrons. The molecule has 1 aromatic carbocycles. The Morgan fingerprint density at radius 3 is 1.93 bits per heavy atom. The van der Waals surface area contributed by atoms with E-state index in [9.17, 15) is 0 Å².